The Kier molecular flexibility index (Phi) is 4.31. The van der Waals surface area contributed by atoms with E-state index < -0.39 is 0 Å². The van der Waals surface area contributed by atoms with Crippen LogP contribution in [0.2, 0.25) is 0 Å². The lowest BCUT2D eigenvalue weighted by Crippen LogP contribution is -2.26. The van der Waals surface area contributed by atoms with Crippen molar-refractivity contribution in [3.05, 3.63) is 42.1 Å². The van der Waals surface area contributed by atoms with Crippen LogP contribution in [0.3, 0.4) is 0 Å². The molecule has 1 aromatic carbocycles. The van der Waals surface area contributed by atoms with Crippen LogP contribution in [0.15, 0.2) is 30.6 Å². The Bertz CT molecular complexity index is 798. The van der Waals surface area contributed by atoms with E-state index in [2.05, 4.69) is 20.5 Å². The summed E-state index contributed by atoms with van der Waals surface area (Å²) < 4.78 is 14.8. The summed E-state index contributed by atoms with van der Waals surface area (Å²) in [6.45, 7) is 1.07. The molecule has 0 aliphatic heterocycles. The number of carbonyl (C=O) groups excluding carboxylic acids is 1. The van der Waals surface area contributed by atoms with Crippen LogP contribution < -0.4 is 0 Å². The lowest BCUT2D eigenvalue weighted by atomic mass is 10.2. The molecule has 23 heavy (non-hydrogen) atoms. The minimum atomic E-state index is -0.268. The Hall–Kier alpha value is -2.77. The summed E-state index contributed by atoms with van der Waals surface area (Å²) in [5.74, 6) is -0.224. The molecule has 1 amide bonds. The molecule has 0 spiro atoms. The van der Waals surface area contributed by atoms with Gasteiger partial charge in [-0.2, -0.15) is 0 Å². The zero-order valence-electron chi connectivity index (χ0n) is 12.7. The van der Waals surface area contributed by atoms with Gasteiger partial charge in [0.05, 0.1) is 6.54 Å². The fourth-order valence-corrected chi connectivity index (χ4v) is 2.46. The van der Waals surface area contributed by atoms with Gasteiger partial charge < -0.3 is 9.88 Å². The zero-order chi connectivity index (χ0) is 16.2. The Morgan fingerprint density at radius 2 is 2.26 bits per heavy atom. The largest absolute Gasteiger partial charge is 0.357 e. The van der Waals surface area contributed by atoms with Crippen LogP contribution in [0.5, 0.6) is 0 Å². The van der Waals surface area contributed by atoms with Crippen LogP contribution in [0.1, 0.15) is 18.5 Å². The molecule has 120 valence electrons. The molecule has 0 aliphatic rings. The van der Waals surface area contributed by atoms with E-state index in [0.717, 1.165) is 16.6 Å². The molecule has 8 heteroatoms. The Balaban J connectivity index is 1.54. The highest BCUT2D eigenvalue weighted by Crippen LogP contribution is 2.17. The number of aromatic amines is 1. The minimum absolute atomic E-state index is 0.0444. The van der Waals surface area contributed by atoms with Crippen LogP contribution >= 0.6 is 0 Å². The fourth-order valence-electron chi connectivity index (χ4n) is 2.46. The number of H-pyrrole nitrogens is 1. The molecule has 7 nitrogen and oxygen atoms in total. The second-order valence-electron chi connectivity index (χ2n) is 5.45. The van der Waals surface area contributed by atoms with Gasteiger partial charge in [-0.05, 0) is 41.1 Å². The van der Waals surface area contributed by atoms with E-state index in [-0.39, 0.29) is 11.7 Å². The SMILES string of the molecule is CN(Cc1cc2cc(F)ccc2[nH]1)C(=O)CCCn1cnnn1. The Morgan fingerprint density at radius 1 is 1.39 bits per heavy atom. The average molecular weight is 316 g/mol. The summed E-state index contributed by atoms with van der Waals surface area (Å²) in [6.07, 6.45) is 2.62. The first kappa shape index (κ1) is 15.1. The maximum absolute atomic E-state index is 13.2. The molecule has 0 aliphatic carbocycles. The first-order valence-electron chi connectivity index (χ1n) is 7.34. The maximum Gasteiger partial charge on any atom is 0.222 e. The number of benzene rings is 1. The summed E-state index contributed by atoms with van der Waals surface area (Å²) in [6, 6.07) is 6.45. The van der Waals surface area contributed by atoms with E-state index in [1.54, 1.807) is 22.7 Å². The first-order valence-corrected chi connectivity index (χ1v) is 7.34. The summed E-state index contributed by atoms with van der Waals surface area (Å²) in [4.78, 5) is 17.0. The van der Waals surface area contributed by atoms with Crippen molar-refractivity contribution in [3.8, 4) is 0 Å². The van der Waals surface area contributed by atoms with Crippen LogP contribution in [-0.2, 0) is 17.9 Å². The van der Waals surface area contributed by atoms with Gasteiger partial charge >= 0.3 is 0 Å². The summed E-state index contributed by atoms with van der Waals surface area (Å²) in [7, 11) is 1.76. The molecule has 0 saturated carbocycles. The third-order valence-electron chi connectivity index (χ3n) is 3.64. The zero-order valence-corrected chi connectivity index (χ0v) is 12.7. The van der Waals surface area contributed by atoms with E-state index in [0.29, 0.717) is 25.9 Å². The molecule has 0 unspecified atom stereocenters. The molecule has 0 fully saturated rings. The standard InChI is InChI=1S/C15H17FN6O/c1-21(15(23)3-2-6-22-10-17-19-20-22)9-13-8-11-7-12(16)4-5-14(11)18-13/h4-5,7-8,10,18H,2-3,6,9H2,1H3. The highest BCUT2D eigenvalue weighted by molar-refractivity contribution is 5.81. The molecule has 3 aromatic rings. The predicted molar refractivity (Wildman–Crippen MR) is 81.8 cm³/mol. The normalized spacial score (nSPS) is 11.0. The Labute approximate surface area is 132 Å². The molecular formula is C15H17FN6O. The number of rotatable bonds is 6. The van der Waals surface area contributed by atoms with Gasteiger partial charge in [-0.1, -0.05) is 0 Å². The molecule has 0 atom stereocenters. The molecular weight excluding hydrogens is 299 g/mol. The number of tetrazole rings is 1. The quantitative estimate of drug-likeness (QED) is 0.751. The highest BCUT2D eigenvalue weighted by atomic mass is 19.1. The molecule has 0 radical (unpaired) electrons. The number of fused-ring (bicyclic) bond motifs is 1. The van der Waals surface area contributed by atoms with Crippen LogP contribution in [-0.4, -0.2) is 43.0 Å². The van der Waals surface area contributed by atoms with Gasteiger partial charge in [0.2, 0.25) is 5.91 Å². The van der Waals surface area contributed by atoms with E-state index in [9.17, 15) is 9.18 Å². The number of carbonyl (C=O) groups is 1. The van der Waals surface area contributed by atoms with Crippen molar-refractivity contribution in [3.63, 3.8) is 0 Å². The van der Waals surface area contributed by atoms with Gasteiger partial charge in [0, 0.05) is 36.6 Å². The van der Waals surface area contributed by atoms with Crippen LogP contribution in [0.4, 0.5) is 4.39 Å². The van der Waals surface area contributed by atoms with Crippen molar-refractivity contribution in [2.45, 2.75) is 25.9 Å². The third kappa shape index (κ3) is 3.71. The minimum Gasteiger partial charge on any atom is -0.357 e. The predicted octanol–water partition coefficient (Wildman–Crippen LogP) is 1.73. The smallest absolute Gasteiger partial charge is 0.222 e. The molecule has 0 saturated heterocycles. The molecule has 2 heterocycles. The van der Waals surface area contributed by atoms with Crippen molar-refractivity contribution in [2.24, 2.45) is 0 Å². The number of aromatic nitrogens is 5. The van der Waals surface area contributed by atoms with Crippen molar-refractivity contribution >= 4 is 16.8 Å². The third-order valence-corrected chi connectivity index (χ3v) is 3.64. The van der Waals surface area contributed by atoms with Gasteiger partial charge in [-0.25, -0.2) is 9.07 Å². The number of halogens is 1. The van der Waals surface area contributed by atoms with Gasteiger partial charge in [0.25, 0.3) is 0 Å². The van der Waals surface area contributed by atoms with Crippen LogP contribution in [0, 0.1) is 5.82 Å². The van der Waals surface area contributed by atoms with E-state index in [1.807, 2.05) is 6.07 Å². The van der Waals surface area contributed by atoms with Gasteiger partial charge in [0.15, 0.2) is 0 Å². The van der Waals surface area contributed by atoms with Crippen molar-refractivity contribution in [2.75, 3.05) is 7.05 Å². The molecule has 2 aromatic heterocycles. The summed E-state index contributed by atoms with van der Waals surface area (Å²) >= 11 is 0. The number of nitrogens with one attached hydrogen (secondary N) is 1. The number of hydrogen-bond donors (Lipinski definition) is 1. The second kappa shape index (κ2) is 6.55. The molecule has 1 N–H and O–H groups in total. The highest BCUT2D eigenvalue weighted by Gasteiger charge is 2.11. The van der Waals surface area contributed by atoms with Gasteiger partial charge in [0.1, 0.15) is 12.1 Å². The van der Waals surface area contributed by atoms with Crippen LogP contribution in [0.25, 0.3) is 10.9 Å². The summed E-state index contributed by atoms with van der Waals surface area (Å²) in [5.41, 5.74) is 1.74. The maximum atomic E-state index is 13.2. The Morgan fingerprint density at radius 3 is 3.04 bits per heavy atom. The lowest BCUT2D eigenvalue weighted by Gasteiger charge is -2.16. The lowest BCUT2D eigenvalue weighted by molar-refractivity contribution is -0.130. The topological polar surface area (TPSA) is 79.7 Å². The first-order chi connectivity index (χ1) is 11.1. The van der Waals surface area contributed by atoms with E-state index in [1.165, 1.54) is 18.5 Å². The van der Waals surface area contributed by atoms with Gasteiger partial charge in [-0.3, -0.25) is 4.79 Å². The number of amides is 1. The van der Waals surface area contributed by atoms with Crippen molar-refractivity contribution in [1.29, 1.82) is 0 Å². The van der Waals surface area contributed by atoms with E-state index in [4.69, 9.17) is 0 Å². The van der Waals surface area contributed by atoms with Gasteiger partial charge in [-0.15, -0.1) is 5.10 Å². The van der Waals surface area contributed by atoms with E-state index >= 15 is 0 Å². The number of hydrogen-bond acceptors (Lipinski definition) is 4. The number of nitrogens with zero attached hydrogens (tertiary/aromatic N) is 5. The van der Waals surface area contributed by atoms with Crippen molar-refractivity contribution < 1.29 is 9.18 Å². The fraction of sp³-hybridized carbons (Fsp3) is 0.333. The van der Waals surface area contributed by atoms with Crippen molar-refractivity contribution in [1.82, 2.24) is 30.1 Å². The number of aryl methyl sites for hydroxylation is 1. The monoisotopic (exact) mass is 316 g/mol. The molecule has 3 rings (SSSR count). The molecule has 0 bridgehead atoms. The second-order valence-corrected chi connectivity index (χ2v) is 5.45. The average Bonchev–Trinajstić information content (AvgIpc) is 3.15. The summed E-state index contributed by atoms with van der Waals surface area (Å²) in [5, 5.41) is 11.6.